The quantitative estimate of drug-likeness (QED) is 0.868. The molecule has 0 bridgehead atoms. The lowest BCUT2D eigenvalue weighted by molar-refractivity contribution is 0.411. The maximum atomic E-state index is 5.37. The molecule has 3 N–H and O–H groups in total. The molecular weight excluding hydrogens is 224 g/mol. The summed E-state index contributed by atoms with van der Waals surface area (Å²) in [5, 5.41) is 0. The number of ether oxygens (including phenoxy) is 1. The monoisotopic (exact) mass is 240 g/mol. The third-order valence-corrected chi connectivity index (χ3v) is 3.06. The highest BCUT2D eigenvalue weighted by atomic mass is 16.5. The molecule has 1 aliphatic heterocycles. The molecular formula is C15H16N2O. The number of aliphatic imine (C=N–C) groups is 1. The van der Waals surface area contributed by atoms with Crippen molar-refractivity contribution < 1.29 is 4.74 Å². The molecule has 0 aromatic heterocycles. The molecule has 3 heteroatoms. The van der Waals surface area contributed by atoms with E-state index >= 15 is 0 Å². The van der Waals surface area contributed by atoms with Gasteiger partial charge in [0, 0.05) is 23.8 Å². The average molecular weight is 240 g/mol. The van der Waals surface area contributed by atoms with Crippen molar-refractivity contribution in [2.45, 2.75) is 6.42 Å². The van der Waals surface area contributed by atoms with Gasteiger partial charge in [-0.1, -0.05) is 30.3 Å². The van der Waals surface area contributed by atoms with Crippen LogP contribution in [0.1, 0.15) is 5.56 Å². The lowest BCUT2D eigenvalue weighted by Crippen LogP contribution is -1.91. The summed E-state index contributed by atoms with van der Waals surface area (Å²) in [5.41, 5.74) is 4.62. The van der Waals surface area contributed by atoms with Crippen LogP contribution >= 0.6 is 0 Å². The molecule has 0 amide bonds. The molecule has 0 aliphatic carbocycles. The summed E-state index contributed by atoms with van der Waals surface area (Å²) in [4.78, 5) is 4.48. The van der Waals surface area contributed by atoms with Crippen LogP contribution in [0.5, 0.6) is 5.75 Å². The second kappa shape index (κ2) is 5.02. The third-order valence-electron chi connectivity index (χ3n) is 3.06. The van der Waals surface area contributed by atoms with Crippen LogP contribution in [0.3, 0.4) is 0 Å². The zero-order valence-corrected chi connectivity index (χ0v) is 10.4. The van der Waals surface area contributed by atoms with Crippen molar-refractivity contribution in [2.24, 2.45) is 4.99 Å². The molecule has 0 unspecified atom stereocenters. The standard InChI is InChI=1S/C15H13NO.H3N/c1-17-14-8-7-12(11-5-3-2-4-6-11)15-13(14)9-10-16-15;/h2-8,10H,9H2,1H3;1H3. The van der Waals surface area contributed by atoms with Crippen LogP contribution in [0.2, 0.25) is 0 Å². The fourth-order valence-corrected chi connectivity index (χ4v) is 2.23. The molecule has 0 spiro atoms. The number of fused-ring (bicyclic) bond motifs is 1. The Balaban J connectivity index is 0.00000120. The topological polar surface area (TPSA) is 56.6 Å². The summed E-state index contributed by atoms with van der Waals surface area (Å²) in [6.07, 6.45) is 2.80. The Bertz CT molecular complexity index is 577. The number of hydrogen-bond donors (Lipinski definition) is 1. The highest BCUT2D eigenvalue weighted by Gasteiger charge is 2.17. The number of methoxy groups -OCH3 is 1. The van der Waals surface area contributed by atoms with Gasteiger partial charge in [0.1, 0.15) is 5.75 Å². The molecule has 1 heterocycles. The maximum absolute atomic E-state index is 5.37. The van der Waals surface area contributed by atoms with Crippen molar-refractivity contribution in [2.75, 3.05) is 7.11 Å². The van der Waals surface area contributed by atoms with Crippen molar-refractivity contribution in [1.29, 1.82) is 0 Å². The Labute approximate surface area is 107 Å². The van der Waals surface area contributed by atoms with E-state index in [0.29, 0.717) is 0 Å². The zero-order valence-electron chi connectivity index (χ0n) is 10.4. The minimum Gasteiger partial charge on any atom is -0.496 e. The molecule has 0 atom stereocenters. The number of rotatable bonds is 2. The van der Waals surface area contributed by atoms with E-state index in [2.05, 4.69) is 23.2 Å². The Kier molecular flexibility index (Phi) is 3.44. The third kappa shape index (κ3) is 1.89. The predicted octanol–water partition coefficient (Wildman–Crippen LogP) is 3.78. The van der Waals surface area contributed by atoms with Gasteiger partial charge in [-0.25, -0.2) is 0 Å². The average Bonchev–Trinajstić information content (AvgIpc) is 2.88. The SMILES string of the molecule is COc1ccc(-c2ccccc2)c2c1CC=N2.N. The molecule has 92 valence electrons. The van der Waals surface area contributed by atoms with Gasteiger partial charge in [0.2, 0.25) is 0 Å². The molecule has 0 fully saturated rings. The van der Waals surface area contributed by atoms with E-state index in [1.807, 2.05) is 30.5 Å². The number of hydrogen-bond acceptors (Lipinski definition) is 3. The van der Waals surface area contributed by atoms with E-state index in [4.69, 9.17) is 4.74 Å². The number of nitrogens with zero attached hydrogens (tertiary/aromatic N) is 1. The summed E-state index contributed by atoms with van der Waals surface area (Å²) in [5.74, 6) is 0.928. The lowest BCUT2D eigenvalue weighted by Gasteiger charge is -2.10. The van der Waals surface area contributed by atoms with E-state index in [-0.39, 0.29) is 6.15 Å². The summed E-state index contributed by atoms with van der Waals surface area (Å²) < 4.78 is 5.37. The van der Waals surface area contributed by atoms with Gasteiger partial charge >= 0.3 is 0 Å². The Hall–Kier alpha value is -2.13. The molecule has 0 radical (unpaired) electrons. The minimum absolute atomic E-state index is 0. The summed E-state index contributed by atoms with van der Waals surface area (Å²) in [6.45, 7) is 0. The van der Waals surface area contributed by atoms with Crippen molar-refractivity contribution in [3.05, 3.63) is 48.0 Å². The van der Waals surface area contributed by atoms with Crippen LogP contribution in [0.15, 0.2) is 47.5 Å². The zero-order chi connectivity index (χ0) is 11.7. The first kappa shape index (κ1) is 12.3. The summed E-state index contributed by atoms with van der Waals surface area (Å²) in [7, 11) is 1.70. The van der Waals surface area contributed by atoms with Gasteiger partial charge in [-0.15, -0.1) is 0 Å². The van der Waals surface area contributed by atoms with E-state index in [1.54, 1.807) is 7.11 Å². The van der Waals surface area contributed by atoms with Crippen LogP contribution in [0.25, 0.3) is 11.1 Å². The molecule has 0 saturated carbocycles. The van der Waals surface area contributed by atoms with Crippen LogP contribution in [0.4, 0.5) is 5.69 Å². The smallest absolute Gasteiger partial charge is 0.124 e. The fraction of sp³-hybridized carbons (Fsp3) is 0.133. The van der Waals surface area contributed by atoms with Gasteiger partial charge in [-0.05, 0) is 17.7 Å². The second-order valence-electron chi connectivity index (χ2n) is 4.02. The van der Waals surface area contributed by atoms with Gasteiger partial charge in [0.15, 0.2) is 0 Å². The maximum Gasteiger partial charge on any atom is 0.124 e. The fourth-order valence-electron chi connectivity index (χ4n) is 2.23. The Morgan fingerprint density at radius 3 is 2.56 bits per heavy atom. The molecule has 2 aromatic carbocycles. The van der Waals surface area contributed by atoms with Gasteiger partial charge in [-0.2, -0.15) is 0 Å². The molecule has 0 saturated heterocycles. The first-order valence-electron chi connectivity index (χ1n) is 5.68. The van der Waals surface area contributed by atoms with E-state index in [9.17, 15) is 0 Å². The molecule has 2 aromatic rings. The van der Waals surface area contributed by atoms with Crippen LogP contribution in [0, 0.1) is 0 Å². The van der Waals surface area contributed by atoms with Crippen LogP contribution < -0.4 is 10.9 Å². The molecule has 3 rings (SSSR count). The number of benzene rings is 2. The van der Waals surface area contributed by atoms with Crippen molar-refractivity contribution in [3.8, 4) is 16.9 Å². The van der Waals surface area contributed by atoms with Crippen molar-refractivity contribution >= 4 is 11.9 Å². The van der Waals surface area contributed by atoms with Gasteiger partial charge in [0.05, 0.1) is 12.8 Å². The Morgan fingerprint density at radius 2 is 1.83 bits per heavy atom. The van der Waals surface area contributed by atoms with E-state index in [1.165, 1.54) is 16.7 Å². The van der Waals surface area contributed by atoms with Crippen molar-refractivity contribution in [1.82, 2.24) is 6.15 Å². The van der Waals surface area contributed by atoms with Crippen molar-refractivity contribution in [3.63, 3.8) is 0 Å². The van der Waals surface area contributed by atoms with Crippen LogP contribution in [-0.4, -0.2) is 13.3 Å². The molecule has 1 aliphatic rings. The van der Waals surface area contributed by atoms with E-state index in [0.717, 1.165) is 17.9 Å². The largest absolute Gasteiger partial charge is 0.496 e. The first-order chi connectivity index (χ1) is 8.40. The molecule has 3 nitrogen and oxygen atoms in total. The summed E-state index contributed by atoms with van der Waals surface area (Å²) >= 11 is 0. The highest BCUT2D eigenvalue weighted by Crippen LogP contribution is 2.40. The first-order valence-corrected chi connectivity index (χ1v) is 5.68. The molecule has 18 heavy (non-hydrogen) atoms. The normalized spacial score (nSPS) is 11.8. The Morgan fingerprint density at radius 1 is 1.06 bits per heavy atom. The highest BCUT2D eigenvalue weighted by molar-refractivity contribution is 5.88. The second-order valence-corrected chi connectivity index (χ2v) is 4.02. The minimum atomic E-state index is 0. The predicted molar refractivity (Wildman–Crippen MR) is 75.3 cm³/mol. The summed E-state index contributed by atoms with van der Waals surface area (Å²) in [6, 6.07) is 14.4. The van der Waals surface area contributed by atoms with E-state index < -0.39 is 0 Å². The van der Waals surface area contributed by atoms with Gasteiger partial charge in [-0.3, -0.25) is 4.99 Å². The lowest BCUT2D eigenvalue weighted by atomic mass is 9.99. The van der Waals surface area contributed by atoms with Crippen LogP contribution in [-0.2, 0) is 6.42 Å². The van der Waals surface area contributed by atoms with Gasteiger partial charge in [0.25, 0.3) is 0 Å². The van der Waals surface area contributed by atoms with Gasteiger partial charge < -0.3 is 10.9 Å².